The largest absolute Gasteiger partial charge is 0.481 e. The molecule has 5 rings (SSSR count). The van der Waals surface area contributed by atoms with Crippen LogP contribution in [0.4, 0.5) is 0 Å². The molecule has 6 nitrogen and oxygen atoms in total. The quantitative estimate of drug-likeness (QED) is 0.432. The Kier molecular flexibility index (Phi) is 3.91. The molecule has 142 valence electrons. The molecule has 3 heterocycles. The third-order valence-corrected chi connectivity index (χ3v) is 5.28. The molecular weight excluding hydrogens is 366 g/mol. The lowest BCUT2D eigenvalue weighted by Crippen LogP contribution is -2.06. The molecule has 0 saturated heterocycles. The third kappa shape index (κ3) is 2.86. The number of hydrogen-bond donors (Lipinski definition) is 3. The molecule has 0 aliphatic heterocycles. The first-order valence-corrected chi connectivity index (χ1v) is 9.34. The molecule has 5 aromatic rings. The fourth-order valence-corrected chi connectivity index (χ4v) is 3.94. The number of nitrogens with zero attached hydrogens (tertiary/aromatic N) is 1. The topological polar surface area (TPSA) is 98.8 Å². The molecule has 0 bridgehead atoms. The number of para-hydroxylation sites is 1. The van der Waals surface area contributed by atoms with E-state index in [4.69, 9.17) is 5.11 Å². The van der Waals surface area contributed by atoms with Crippen molar-refractivity contribution in [3.05, 3.63) is 76.8 Å². The summed E-state index contributed by atoms with van der Waals surface area (Å²) in [5, 5.41) is 11.8. The van der Waals surface area contributed by atoms with Crippen LogP contribution in [-0.4, -0.2) is 26.0 Å². The van der Waals surface area contributed by atoms with Crippen LogP contribution in [0.2, 0.25) is 0 Å². The third-order valence-electron chi connectivity index (χ3n) is 5.28. The number of H-pyrrole nitrogens is 2. The van der Waals surface area contributed by atoms with Crippen molar-refractivity contribution in [3.8, 4) is 11.1 Å². The van der Waals surface area contributed by atoms with E-state index in [1.165, 1.54) is 0 Å². The summed E-state index contributed by atoms with van der Waals surface area (Å²) in [7, 11) is 0. The zero-order chi connectivity index (χ0) is 20.0. The molecule has 0 spiro atoms. The number of nitrogens with one attached hydrogen (secondary N) is 2. The highest BCUT2D eigenvalue weighted by atomic mass is 16.4. The molecule has 29 heavy (non-hydrogen) atoms. The van der Waals surface area contributed by atoms with Gasteiger partial charge in [0.2, 0.25) is 0 Å². The van der Waals surface area contributed by atoms with E-state index >= 15 is 0 Å². The molecule has 0 fully saturated rings. The van der Waals surface area contributed by atoms with Gasteiger partial charge in [-0.3, -0.25) is 14.6 Å². The van der Waals surface area contributed by atoms with E-state index in [0.717, 1.165) is 43.9 Å². The summed E-state index contributed by atoms with van der Waals surface area (Å²) in [5.74, 6) is -0.865. The van der Waals surface area contributed by atoms with Crippen LogP contribution in [-0.2, 0) is 11.2 Å². The lowest BCUT2D eigenvalue weighted by Gasteiger charge is -2.09. The molecule has 0 aliphatic carbocycles. The van der Waals surface area contributed by atoms with Crippen LogP contribution in [0.25, 0.3) is 43.8 Å². The van der Waals surface area contributed by atoms with Crippen molar-refractivity contribution in [2.24, 2.45) is 0 Å². The van der Waals surface area contributed by atoms with Crippen molar-refractivity contribution in [3.63, 3.8) is 0 Å². The van der Waals surface area contributed by atoms with Crippen LogP contribution in [0.15, 0.2) is 65.7 Å². The first kappa shape index (κ1) is 17.2. The first-order valence-electron chi connectivity index (χ1n) is 9.34. The van der Waals surface area contributed by atoms with Crippen LogP contribution in [0.5, 0.6) is 0 Å². The Bertz CT molecular complexity index is 1460. The molecule has 0 aliphatic rings. The summed E-state index contributed by atoms with van der Waals surface area (Å²) in [6.45, 7) is 0. The van der Waals surface area contributed by atoms with Crippen LogP contribution in [0.1, 0.15) is 12.0 Å². The van der Waals surface area contributed by atoms with Gasteiger partial charge in [0, 0.05) is 46.1 Å². The zero-order valence-electron chi connectivity index (χ0n) is 15.4. The van der Waals surface area contributed by atoms with Gasteiger partial charge in [0.05, 0.1) is 5.52 Å². The summed E-state index contributed by atoms with van der Waals surface area (Å²) in [6.07, 6.45) is 3.87. The van der Waals surface area contributed by atoms with Gasteiger partial charge in [-0.1, -0.05) is 30.3 Å². The number of carbonyl (C=O) groups is 1. The highest BCUT2D eigenvalue weighted by molar-refractivity contribution is 6.08. The van der Waals surface area contributed by atoms with Crippen LogP contribution >= 0.6 is 0 Å². The van der Waals surface area contributed by atoms with Gasteiger partial charge < -0.3 is 15.1 Å². The highest BCUT2D eigenvalue weighted by Gasteiger charge is 2.14. The molecule has 0 radical (unpaired) electrons. The monoisotopic (exact) mass is 383 g/mol. The van der Waals surface area contributed by atoms with E-state index in [-0.39, 0.29) is 12.0 Å². The molecule has 2 aromatic carbocycles. The smallest absolute Gasteiger partial charge is 0.303 e. The summed E-state index contributed by atoms with van der Waals surface area (Å²) in [4.78, 5) is 34.0. The summed E-state index contributed by atoms with van der Waals surface area (Å²) >= 11 is 0. The van der Waals surface area contributed by atoms with Gasteiger partial charge in [-0.2, -0.15) is 0 Å². The second-order valence-electron chi connectivity index (χ2n) is 7.05. The van der Waals surface area contributed by atoms with Gasteiger partial charge in [0.1, 0.15) is 5.52 Å². The van der Waals surface area contributed by atoms with E-state index in [2.05, 4.69) is 15.0 Å². The van der Waals surface area contributed by atoms with Crippen LogP contribution in [0, 0.1) is 0 Å². The number of hydrogen-bond acceptors (Lipinski definition) is 3. The van der Waals surface area contributed by atoms with Gasteiger partial charge in [-0.25, -0.2) is 0 Å². The number of aliphatic carboxylic acids is 1. The second-order valence-corrected chi connectivity index (χ2v) is 7.05. The highest BCUT2D eigenvalue weighted by Crippen LogP contribution is 2.32. The Morgan fingerprint density at radius 1 is 1.10 bits per heavy atom. The normalized spacial score (nSPS) is 11.4. The van der Waals surface area contributed by atoms with E-state index in [0.29, 0.717) is 11.9 Å². The minimum atomic E-state index is -0.865. The van der Waals surface area contributed by atoms with Crippen LogP contribution < -0.4 is 5.56 Å². The SMILES string of the molecule is O=C(O)CCc1c[nH]c2c(=O)[nH]c3ccc(-c4cccc5cccnc45)cc3c12. The molecule has 6 heteroatoms. The Labute approximate surface area is 164 Å². The van der Waals surface area contributed by atoms with Crippen molar-refractivity contribution in [1.29, 1.82) is 0 Å². The zero-order valence-corrected chi connectivity index (χ0v) is 15.4. The number of aromatic amines is 2. The Hall–Kier alpha value is -3.93. The van der Waals surface area contributed by atoms with Crippen molar-refractivity contribution >= 4 is 38.7 Å². The number of carboxylic acids is 1. The fraction of sp³-hybridized carbons (Fsp3) is 0.0870. The standard InChI is InChI=1S/C23H17N3O3/c27-19(28)9-7-15-12-25-22-20(15)17-11-14(6-8-18(17)26-23(22)29)16-5-1-3-13-4-2-10-24-21(13)16/h1-6,8,10-12,25H,7,9H2,(H,26,29)(H,27,28). The lowest BCUT2D eigenvalue weighted by atomic mass is 9.98. The van der Waals surface area contributed by atoms with Gasteiger partial charge >= 0.3 is 5.97 Å². The van der Waals surface area contributed by atoms with Crippen LogP contribution in [0.3, 0.4) is 0 Å². The summed E-state index contributed by atoms with van der Waals surface area (Å²) in [5.41, 5.74) is 4.70. The van der Waals surface area contributed by atoms with Crippen molar-refractivity contribution in [2.45, 2.75) is 12.8 Å². The maximum atomic E-state index is 12.5. The van der Waals surface area contributed by atoms with E-state index in [9.17, 15) is 9.59 Å². The van der Waals surface area contributed by atoms with Crippen molar-refractivity contribution in [1.82, 2.24) is 15.0 Å². The maximum absolute atomic E-state index is 12.5. The lowest BCUT2D eigenvalue weighted by molar-refractivity contribution is -0.136. The molecule has 0 saturated carbocycles. The average Bonchev–Trinajstić information content (AvgIpc) is 3.17. The molecular formula is C23H17N3O3. The number of benzene rings is 2. The minimum absolute atomic E-state index is 0.00811. The number of aryl methyl sites for hydroxylation is 1. The van der Waals surface area contributed by atoms with E-state index < -0.39 is 5.97 Å². The molecule has 0 atom stereocenters. The summed E-state index contributed by atoms with van der Waals surface area (Å²) < 4.78 is 0. The molecule has 3 aromatic heterocycles. The molecule has 0 unspecified atom stereocenters. The Balaban J connectivity index is 1.78. The van der Waals surface area contributed by atoms with Gasteiger partial charge in [0.25, 0.3) is 5.56 Å². The predicted molar refractivity (Wildman–Crippen MR) is 113 cm³/mol. The Morgan fingerprint density at radius 3 is 2.83 bits per heavy atom. The number of pyridine rings is 2. The van der Waals surface area contributed by atoms with Crippen molar-refractivity contribution in [2.75, 3.05) is 0 Å². The summed E-state index contributed by atoms with van der Waals surface area (Å²) in [6, 6.07) is 15.9. The van der Waals surface area contributed by atoms with Gasteiger partial charge in [-0.05, 0) is 35.7 Å². The second kappa shape index (κ2) is 6.60. The molecule has 0 amide bonds. The number of carboxylic acid groups (broad SMARTS) is 1. The first-order chi connectivity index (χ1) is 14.1. The number of rotatable bonds is 4. The number of fused-ring (bicyclic) bond motifs is 4. The van der Waals surface area contributed by atoms with Gasteiger partial charge in [0.15, 0.2) is 0 Å². The van der Waals surface area contributed by atoms with E-state index in [1.807, 2.05) is 48.5 Å². The van der Waals surface area contributed by atoms with E-state index in [1.54, 1.807) is 12.4 Å². The van der Waals surface area contributed by atoms with Gasteiger partial charge in [-0.15, -0.1) is 0 Å². The minimum Gasteiger partial charge on any atom is -0.481 e. The average molecular weight is 383 g/mol. The van der Waals surface area contributed by atoms with Crippen molar-refractivity contribution < 1.29 is 9.90 Å². The predicted octanol–water partition coefficient (Wildman–Crippen LogP) is 4.24. The Morgan fingerprint density at radius 2 is 1.97 bits per heavy atom. The molecule has 3 N–H and O–H groups in total. The number of aromatic nitrogens is 3. The maximum Gasteiger partial charge on any atom is 0.303 e. The fourth-order valence-electron chi connectivity index (χ4n) is 3.94.